The van der Waals surface area contributed by atoms with Crippen molar-refractivity contribution in [1.29, 1.82) is 0 Å². The van der Waals surface area contributed by atoms with Gasteiger partial charge in [0, 0.05) is 12.4 Å². The third kappa shape index (κ3) is 4.77. The Morgan fingerprint density at radius 1 is 1.14 bits per heavy atom. The number of hydrogen-bond acceptors (Lipinski definition) is 5. The van der Waals surface area contributed by atoms with Gasteiger partial charge in [-0.1, -0.05) is 12.1 Å². The van der Waals surface area contributed by atoms with Crippen molar-refractivity contribution >= 4 is 40.6 Å². The molecule has 0 radical (unpaired) electrons. The van der Waals surface area contributed by atoms with Gasteiger partial charge < -0.3 is 9.90 Å². The summed E-state index contributed by atoms with van der Waals surface area (Å²) in [4.78, 5) is 39.2. The van der Waals surface area contributed by atoms with Crippen molar-refractivity contribution in [2.75, 3.05) is 5.75 Å². The quantitative estimate of drug-likeness (QED) is 0.452. The molecule has 2 aromatic rings. The van der Waals surface area contributed by atoms with Crippen LogP contribution in [0.4, 0.5) is 0 Å². The molecule has 0 unspecified atom stereocenters. The SMILES string of the molecule is O=C([O-])CCC(=O)NNC(=O)CSc1[nH]c2ccccc2[nH+]1. The van der Waals surface area contributed by atoms with Crippen molar-refractivity contribution in [3.8, 4) is 0 Å². The van der Waals surface area contributed by atoms with E-state index in [9.17, 15) is 19.5 Å². The lowest BCUT2D eigenvalue weighted by atomic mass is 10.3. The Kier molecular flexibility index (Phi) is 5.37. The van der Waals surface area contributed by atoms with E-state index in [-0.39, 0.29) is 18.6 Å². The van der Waals surface area contributed by atoms with Gasteiger partial charge in [-0.3, -0.25) is 20.4 Å². The second-order valence-electron chi connectivity index (χ2n) is 4.38. The minimum Gasteiger partial charge on any atom is -0.550 e. The van der Waals surface area contributed by atoms with Crippen LogP contribution in [0.15, 0.2) is 29.4 Å². The van der Waals surface area contributed by atoms with E-state index in [2.05, 4.69) is 20.8 Å². The fourth-order valence-electron chi connectivity index (χ4n) is 1.64. The molecule has 0 aliphatic carbocycles. The number of hydrogen-bond donors (Lipinski definition) is 3. The van der Waals surface area contributed by atoms with Gasteiger partial charge in [-0.2, -0.15) is 0 Å². The van der Waals surface area contributed by atoms with E-state index in [0.717, 1.165) is 16.2 Å². The summed E-state index contributed by atoms with van der Waals surface area (Å²) in [6.07, 6.45) is -0.633. The highest BCUT2D eigenvalue weighted by atomic mass is 32.2. The lowest BCUT2D eigenvalue weighted by Crippen LogP contribution is -2.43. The second-order valence-corrected chi connectivity index (χ2v) is 5.37. The maximum absolute atomic E-state index is 11.6. The Labute approximate surface area is 129 Å². The molecule has 116 valence electrons. The van der Waals surface area contributed by atoms with Gasteiger partial charge in [0.15, 0.2) is 11.0 Å². The smallest absolute Gasteiger partial charge is 0.315 e. The van der Waals surface area contributed by atoms with Crippen LogP contribution in [0.1, 0.15) is 12.8 Å². The van der Waals surface area contributed by atoms with Crippen molar-refractivity contribution in [2.45, 2.75) is 18.0 Å². The standard InChI is InChI=1S/C13H14N4O4S/c18-10(5-6-12(20)21)16-17-11(19)7-22-13-14-8-3-1-2-4-9(8)15-13/h1-4H,5-7H2,(H,14,15)(H,16,18)(H,17,19)(H,20,21). The molecule has 0 bridgehead atoms. The number of carbonyl (C=O) groups excluding carboxylic acids is 3. The number of nitrogens with one attached hydrogen (secondary N) is 4. The molecule has 0 spiro atoms. The highest BCUT2D eigenvalue weighted by molar-refractivity contribution is 7.99. The number of benzene rings is 1. The van der Waals surface area contributed by atoms with Gasteiger partial charge in [0.05, 0.1) is 5.75 Å². The number of carboxylic acid groups (broad SMARTS) is 1. The minimum atomic E-state index is -1.31. The Balaban J connectivity index is 1.73. The maximum Gasteiger partial charge on any atom is 0.315 e. The second kappa shape index (κ2) is 7.46. The number of rotatable bonds is 6. The molecule has 9 heteroatoms. The van der Waals surface area contributed by atoms with E-state index in [1.165, 1.54) is 11.8 Å². The number of aromatic amines is 2. The molecule has 0 fully saturated rings. The summed E-state index contributed by atoms with van der Waals surface area (Å²) in [7, 11) is 0. The Morgan fingerprint density at radius 2 is 1.86 bits per heavy atom. The first-order chi connectivity index (χ1) is 10.5. The summed E-state index contributed by atoms with van der Waals surface area (Å²) >= 11 is 1.25. The number of carboxylic acids is 1. The Morgan fingerprint density at radius 3 is 2.59 bits per heavy atom. The number of thioether (sulfide) groups is 1. The van der Waals surface area contributed by atoms with Crippen LogP contribution >= 0.6 is 11.8 Å². The van der Waals surface area contributed by atoms with Crippen LogP contribution in [0.5, 0.6) is 0 Å². The number of para-hydroxylation sites is 2. The van der Waals surface area contributed by atoms with E-state index in [0.29, 0.717) is 0 Å². The molecule has 1 heterocycles. The number of aliphatic carboxylic acids is 1. The summed E-state index contributed by atoms with van der Waals surface area (Å²) in [6.45, 7) is 0. The zero-order valence-electron chi connectivity index (χ0n) is 11.5. The maximum atomic E-state index is 11.6. The number of carbonyl (C=O) groups is 3. The average molecular weight is 322 g/mol. The zero-order chi connectivity index (χ0) is 15.9. The van der Waals surface area contributed by atoms with Crippen molar-refractivity contribution < 1.29 is 24.5 Å². The van der Waals surface area contributed by atoms with E-state index in [4.69, 9.17) is 0 Å². The first-order valence-electron chi connectivity index (χ1n) is 6.45. The van der Waals surface area contributed by atoms with E-state index >= 15 is 0 Å². The molecular weight excluding hydrogens is 308 g/mol. The molecule has 0 aliphatic heterocycles. The molecule has 2 amide bonds. The van der Waals surface area contributed by atoms with Crippen LogP contribution in [-0.4, -0.2) is 28.5 Å². The fraction of sp³-hybridized carbons (Fsp3) is 0.231. The lowest BCUT2D eigenvalue weighted by Gasteiger charge is -2.06. The third-order valence-corrected chi connectivity index (χ3v) is 3.57. The number of aromatic nitrogens is 2. The topological polar surface area (TPSA) is 128 Å². The molecule has 22 heavy (non-hydrogen) atoms. The summed E-state index contributed by atoms with van der Waals surface area (Å²) in [6, 6.07) is 7.62. The van der Waals surface area contributed by atoms with Crippen molar-refractivity contribution in [2.24, 2.45) is 0 Å². The van der Waals surface area contributed by atoms with Gasteiger partial charge in [-0.05, 0) is 30.3 Å². The van der Waals surface area contributed by atoms with Crippen LogP contribution in [-0.2, 0) is 14.4 Å². The van der Waals surface area contributed by atoms with Gasteiger partial charge in [0.25, 0.3) is 0 Å². The van der Waals surface area contributed by atoms with Gasteiger partial charge in [0.2, 0.25) is 11.8 Å². The largest absolute Gasteiger partial charge is 0.550 e. The predicted octanol–water partition coefficient (Wildman–Crippen LogP) is -1.25. The molecule has 0 saturated carbocycles. The number of imidazole rings is 1. The number of hydrazine groups is 1. The summed E-state index contributed by atoms with van der Waals surface area (Å²) in [5, 5.41) is 10.9. The van der Waals surface area contributed by atoms with Crippen LogP contribution < -0.4 is 20.9 Å². The molecule has 0 aliphatic rings. The molecular formula is C13H14N4O4S. The monoisotopic (exact) mass is 322 g/mol. The normalized spacial score (nSPS) is 10.4. The van der Waals surface area contributed by atoms with Crippen LogP contribution in [0.25, 0.3) is 11.0 Å². The van der Waals surface area contributed by atoms with E-state index in [1.807, 2.05) is 24.3 Å². The number of amides is 2. The predicted molar refractivity (Wildman–Crippen MR) is 76.1 cm³/mol. The highest BCUT2D eigenvalue weighted by Gasteiger charge is 2.12. The van der Waals surface area contributed by atoms with Crippen molar-refractivity contribution in [1.82, 2.24) is 15.8 Å². The number of fused-ring (bicyclic) bond motifs is 1. The molecule has 4 N–H and O–H groups in total. The highest BCUT2D eigenvalue weighted by Crippen LogP contribution is 2.14. The van der Waals surface area contributed by atoms with Crippen LogP contribution in [0, 0.1) is 0 Å². The molecule has 1 aromatic heterocycles. The fourth-order valence-corrected chi connectivity index (χ4v) is 2.35. The summed E-state index contributed by atoms with van der Waals surface area (Å²) < 4.78 is 0. The zero-order valence-corrected chi connectivity index (χ0v) is 12.3. The molecule has 2 rings (SSSR count). The van der Waals surface area contributed by atoms with E-state index < -0.39 is 17.8 Å². The van der Waals surface area contributed by atoms with Gasteiger partial charge in [-0.25, -0.2) is 9.97 Å². The van der Waals surface area contributed by atoms with Crippen LogP contribution in [0.2, 0.25) is 0 Å². The molecule has 1 aromatic carbocycles. The molecule has 0 atom stereocenters. The van der Waals surface area contributed by atoms with Gasteiger partial charge in [-0.15, -0.1) is 0 Å². The average Bonchev–Trinajstić information content (AvgIpc) is 2.91. The Bertz CT molecular complexity index is 667. The van der Waals surface area contributed by atoms with Crippen molar-refractivity contribution in [3.63, 3.8) is 0 Å². The van der Waals surface area contributed by atoms with Crippen LogP contribution in [0.3, 0.4) is 0 Å². The van der Waals surface area contributed by atoms with Gasteiger partial charge >= 0.3 is 5.16 Å². The summed E-state index contributed by atoms with van der Waals surface area (Å²) in [5.41, 5.74) is 6.21. The third-order valence-electron chi connectivity index (χ3n) is 2.67. The van der Waals surface area contributed by atoms with Crippen molar-refractivity contribution in [3.05, 3.63) is 24.3 Å². The number of H-pyrrole nitrogens is 2. The first kappa shape index (κ1) is 15.8. The summed E-state index contributed by atoms with van der Waals surface area (Å²) in [5.74, 6) is -2.21. The molecule has 8 nitrogen and oxygen atoms in total. The molecule has 0 saturated heterocycles. The van der Waals surface area contributed by atoms with E-state index in [1.54, 1.807) is 0 Å². The lowest BCUT2D eigenvalue weighted by molar-refractivity contribution is -0.396. The Hall–Kier alpha value is -2.55. The minimum absolute atomic E-state index is 0.0874. The first-order valence-corrected chi connectivity index (χ1v) is 7.43. The van der Waals surface area contributed by atoms with Gasteiger partial charge in [0.1, 0.15) is 0 Å².